The Morgan fingerprint density at radius 1 is 0.612 bits per heavy atom. The van der Waals surface area contributed by atoms with Crippen molar-refractivity contribution in [2.75, 3.05) is 13.1 Å². The molecule has 3 N–H and O–H groups in total. The minimum Gasteiger partial charge on any atom is -0.445 e. The second kappa shape index (κ2) is 20.2. The lowest BCUT2D eigenvalue weighted by Crippen LogP contribution is -2.52. The van der Waals surface area contributed by atoms with Crippen molar-refractivity contribution >= 4 is 29.8 Å². The lowest BCUT2D eigenvalue weighted by molar-refractivity contribution is -0.138. The monoisotopic (exact) mass is 672 g/mol. The Morgan fingerprint density at radius 2 is 1.04 bits per heavy atom. The molecule has 262 valence electrons. The van der Waals surface area contributed by atoms with E-state index in [2.05, 4.69) is 16.0 Å². The molecular formula is C38H48N4O7. The van der Waals surface area contributed by atoms with Crippen molar-refractivity contribution in [3.05, 3.63) is 108 Å². The number of alkyl carbamates (subject to hydrolysis) is 2. The third-order valence-electron chi connectivity index (χ3n) is 7.39. The first kappa shape index (κ1) is 38.3. The molecule has 0 saturated carbocycles. The maximum atomic E-state index is 13.9. The van der Waals surface area contributed by atoms with Gasteiger partial charge in [0.2, 0.25) is 11.8 Å². The van der Waals surface area contributed by atoms with Crippen LogP contribution >= 0.6 is 0 Å². The van der Waals surface area contributed by atoms with Gasteiger partial charge in [0.1, 0.15) is 25.3 Å². The van der Waals surface area contributed by atoms with Gasteiger partial charge in [-0.25, -0.2) is 9.59 Å². The van der Waals surface area contributed by atoms with Crippen LogP contribution in [0, 0.1) is 11.8 Å². The fraction of sp³-hybridized carbons (Fsp3) is 0.395. The number of amides is 4. The van der Waals surface area contributed by atoms with E-state index in [0.717, 1.165) is 16.7 Å². The number of hydrogen-bond acceptors (Lipinski definition) is 7. The van der Waals surface area contributed by atoms with Gasteiger partial charge in [-0.2, -0.15) is 0 Å². The minimum absolute atomic E-state index is 0.0403. The number of ether oxygens (including phenoxy) is 2. The largest absolute Gasteiger partial charge is 0.445 e. The van der Waals surface area contributed by atoms with Crippen LogP contribution in [0.3, 0.4) is 0 Å². The van der Waals surface area contributed by atoms with Crippen LogP contribution in [0.2, 0.25) is 0 Å². The molecule has 0 radical (unpaired) electrons. The van der Waals surface area contributed by atoms with Crippen molar-refractivity contribution in [3.8, 4) is 0 Å². The van der Waals surface area contributed by atoms with Crippen LogP contribution in [0.5, 0.6) is 0 Å². The van der Waals surface area contributed by atoms with Crippen LogP contribution in [0.1, 0.15) is 57.2 Å². The molecule has 0 saturated heterocycles. The van der Waals surface area contributed by atoms with Gasteiger partial charge in [-0.3, -0.25) is 14.4 Å². The molecule has 11 heteroatoms. The first-order valence-corrected chi connectivity index (χ1v) is 16.6. The lowest BCUT2D eigenvalue weighted by atomic mass is 10.0. The summed E-state index contributed by atoms with van der Waals surface area (Å²) in [6.45, 7) is 7.20. The summed E-state index contributed by atoms with van der Waals surface area (Å²) in [4.78, 5) is 67.0. The van der Waals surface area contributed by atoms with Crippen molar-refractivity contribution in [2.24, 2.45) is 11.8 Å². The van der Waals surface area contributed by atoms with Crippen molar-refractivity contribution in [3.63, 3.8) is 0 Å². The van der Waals surface area contributed by atoms with E-state index in [1.807, 2.05) is 119 Å². The highest BCUT2D eigenvalue weighted by Gasteiger charge is 2.29. The molecule has 2 atom stereocenters. The number of Topliss-reactive ketones (excluding diaryl/α,β-unsaturated/α-hetero) is 1. The Bertz CT molecular complexity index is 1480. The number of nitrogens with one attached hydrogen (secondary N) is 3. The van der Waals surface area contributed by atoms with Crippen molar-refractivity contribution in [2.45, 2.75) is 72.4 Å². The molecule has 3 aromatic rings. The van der Waals surface area contributed by atoms with Gasteiger partial charge in [0, 0.05) is 6.54 Å². The number of hydrogen-bond donors (Lipinski definition) is 3. The first-order chi connectivity index (χ1) is 23.5. The summed E-state index contributed by atoms with van der Waals surface area (Å²) in [6.07, 6.45) is -0.853. The maximum Gasteiger partial charge on any atom is 0.408 e. The summed E-state index contributed by atoms with van der Waals surface area (Å²) in [5.41, 5.74) is 2.40. The van der Waals surface area contributed by atoms with Crippen LogP contribution in [-0.2, 0) is 43.6 Å². The first-order valence-electron chi connectivity index (χ1n) is 16.6. The van der Waals surface area contributed by atoms with Crippen LogP contribution in [0.25, 0.3) is 0 Å². The average Bonchev–Trinajstić information content (AvgIpc) is 3.08. The van der Waals surface area contributed by atoms with E-state index >= 15 is 0 Å². The summed E-state index contributed by atoms with van der Waals surface area (Å²) < 4.78 is 10.7. The second-order valence-corrected chi connectivity index (χ2v) is 12.7. The van der Waals surface area contributed by atoms with E-state index in [1.165, 1.54) is 4.90 Å². The Morgan fingerprint density at radius 3 is 1.51 bits per heavy atom. The fourth-order valence-electron chi connectivity index (χ4n) is 5.02. The zero-order valence-electron chi connectivity index (χ0n) is 28.7. The summed E-state index contributed by atoms with van der Waals surface area (Å²) in [5, 5.41) is 7.91. The second-order valence-electron chi connectivity index (χ2n) is 12.7. The molecule has 3 rings (SSSR count). The zero-order valence-corrected chi connectivity index (χ0v) is 28.7. The number of rotatable bonds is 18. The van der Waals surface area contributed by atoms with Gasteiger partial charge in [-0.1, -0.05) is 119 Å². The normalized spacial score (nSPS) is 12.0. The van der Waals surface area contributed by atoms with E-state index in [9.17, 15) is 24.0 Å². The van der Waals surface area contributed by atoms with Gasteiger partial charge in [-0.15, -0.1) is 0 Å². The smallest absolute Gasteiger partial charge is 0.408 e. The van der Waals surface area contributed by atoms with Gasteiger partial charge in [0.05, 0.1) is 13.1 Å². The molecule has 0 aromatic heterocycles. The Labute approximate surface area is 288 Å². The molecule has 0 spiro atoms. The molecule has 0 heterocycles. The predicted octanol–water partition coefficient (Wildman–Crippen LogP) is 5.38. The summed E-state index contributed by atoms with van der Waals surface area (Å²) in [6, 6.07) is 25.7. The van der Waals surface area contributed by atoms with Crippen LogP contribution in [-0.4, -0.2) is 59.9 Å². The molecule has 0 fully saturated rings. The van der Waals surface area contributed by atoms with E-state index in [-0.39, 0.29) is 44.7 Å². The van der Waals surface area contributed by atoms with E-state index < -0.39 is 41.9 Å². The Kier molecular flexibility index (Phi) is 15.8. The van der Waals surface area contributed by atoms with Gasteiger partial charge in [-0.05, 0) is 41.4 Å². The summed E-state index contributed by atoms with van der Waals surface area (Å²) >= 11 is 0. The topological polar surface area (TPSA) is 143 Å². The van der Waals surface area contributed by atoms with Crippen LogP contribution in [0.4, 0.5) is 9.59 Å². The van der Waals surface area contributed by atoms with Crippen molar-refractivity contribution in [1.82, 2.24) is 20.9 Å². The van der Waals surface area contributed by atoms with E-state index in [1.54, 1.807) is 0 Å². The average molecular weight is 673 g/mol. The maximum absolute atomic E-state index is 13.9. The van der Waals surface area contributed by atoms with Gasteiger partial charge in [0.15, 0.2) is 5.78 Å². The number of benzene rings is 3. The minimum atomic E-state index is -0.948. The highest BCUT2D eigenvalue weighted by Crippen LogP contribution is 2.13. The quantitative estimate of drug-likeness (QED) is 0.165. The molecule has 4 amide bonds. The molecule has 0 aliphatic carbocycles. The highest BCUT2D eigenvalue weighted by molar-refractivity contribution is 5.93. The zero-order chi connectivity index (χ0) is 35.6. The highest BCUT2D eigenvalue weighted by atomic mass is 16.6. The predicted molar refractivity (Wildman–Crippen MR) is 186 cm³/mol. The molecular weight excluding hydrogens is 624 g/mol. The third kappa shape index (κ3) is 14.6. The number of nitrogens with zero attached hydrogens (tertiary/aromatic N) is 1. The SMILES string of the molecule is CC(C)C[C@H](NC(=O)OCc1ccccc1)C(=O)NCC(=O)CN(Cc1ccccc1)C(=O)[C@H](CC(C)C)NC(=O)OCc1ccccc1. The van der Waals surface area contributed by atoms with Gasteiger partial charge >= 0.3 is 12.2 Å². The molecule has 0 bridgehead atoms. The molecule has 0 aliphatic heterocycles. The Hall–Kier alpha value is -5.19. The molecule has 0 aliphatic rings. The van der Waals surface area contributed by atoms with Crippen LogP contribution < -0.4 is 16.0 Å². The third-order valence-corrected chi connectivity index (χ3v) is 7.39. The molecule has 0 unspecified atom stereocenters. The molecule has 11 nitrogen and oxygen atoms in total. The van der Waals surface area contributed by atoms with Crippen molar-refractivity contribution < 1.29 is 33.4 Å². The van der Waals surface area contributed by atoms with Crippen LogP contribution in [0.15, 0.2) is 91.0 Å². The Balaban J connectivity index is 1.65. The fourth-order valence-corrected chi connectivity index (χ4v) is 5.02. The summed E-state index contributed by atoms with van der Waals surface area (Å²) in [7, 11) is 0. The molecule has 49 heavy (non-hydrogen) atoms. The standard InChI is InChI=1S/C38H48N4O7/c1-27(2)20-33(40-37(46)48-25-30-16-10-6-11-17-30)35(44)39-22-32(43)24-42(23-29-14-8-5-9-15-29)36(45)34(21-28(3)4)41-38(47)49-26-31-18-12-7-13-19-31/h5-19,27-28,33-34H,20-26H2,1-4H3,(H,39,44)(H,40,46)(H,41,47)/t33-,34-/m0/s1. The lowest BCUT2D eigenvalue weighted by Gasteiger charge is -2.28. The van der Waals surface area contributed by atoms with E-state index in [0.29, 0.717) is 12.8 Å². The van der Waals surface area contributed by atoms with Gasteiger partial charge < -0.3 is 30.3 Å². The molecule has 3 aromatic carbocycles. The number of carbonyl (C=O) groups is 5. The van der Waals surface area contributed by atoms with Gasteiger partial charge in [0.25, 0.3) is 0 Å². The van der Waals surface area contributed by atoms with E-state index in [4.69, 9.17) is 9.47 Å². The number of ketones is 1. The number of carbonyl (C=O) groups excluding carboxylic acids is 5. The van der Waals surface area contributed by atoms with Crippen molar-refractivity contribution in [1.29, 1.82) is 0 Å². The summed E-state index contributed by atoms with van der Waals surface area (Å²) in [5.74, 6) is -1.32.